The minimum Gasteiger partial charge on any atom is -0.395 e. The van der Waals surface area contributed by atoms with E-state index < -0.39 is 0 Å². The molecule has 0 fully saturated rings. The first-order valence-corrected chi connectivity index (χ1v) is 7.64. The molecule has 1 aromatic heterocycles. The van der Waals surface area contributed by atoms with Crippen LogP contribution in [0.2, 0.25) is 0 Å². The van der Waals surface area contributed by atoms with Crippen LogP contribution in [0.3, 0.4) is 0 Å². The highest BCUT2D eigenvalue weighted by Crippen LogP contribution is 2.13. The van der Waals surface area contributed by atoms with Gasteiger partial charge in [0.15, 0.2) is 0 Å². The number of hydrogen-bond donors (Lipinski definition) is 2. The van der Waals surface area contributed by atoms with E-state index in [0.29, 0.717) is 18.5 Å². The van der Waals surface area contributed by atoms with Gasteiger partial charge in [0.05, 0.1) is 6.61 Å². The number of aliphatic hydroxyl groups is 1. The zero-order valence-corrected chi connectivity index (χ0v) is 12.7. The van der Waals surface area contributed by atoms with Gasteiger partial charge in [-0.15, -0.1) is 0 Å². The number of carbonyl (C=O) groups is 1. The quantitative estimate of drug-likeness (QED) is 0.853. The molecule has 2 N–H and O–H groups in total. The molecule has 2 rings (SSSR count). The molecular weight excluding hydrogens is 282 g/mol. The van der Waals surface area contributed by atoms with Crippen LogP contribution in [0.5, 0.6) is 0 Å². The number of thiophene rings is 1. The summed E-state index contributed by atoms with van der Waals surface area (Å²) in [6.07, 6.45) is 0.438. The maximum Gasteiger partial charge on any atom is 0.251 e. The molecule has 0 saturated carbocycles. The predicted octanol–water partition coefficient (Wildman–Crippen LogP) is 2.72. The van der Waals surface area contributed by atoms with Crippen molar-refractivity contribution in [2.45, 2.75) is 19.9 Å². The van der Waals surface area contributed by atoms with E-state index in [1.165, 1.54) is 5.56 Å². The minimum absolute atomic E-state index is 0.0488. The van der Waals surface area contributed by atoms with Crippen LogP contribution in [0, 0.1) is 18.8 Å². The van der Waals surface area contributed by atoms with E-state index in [0.717, 1.165) is 11.1 Å². The summed E-state index contributed by atoms with van der Waals surface area (Å²) in [5, 5.41) is 15.7. The van der Waals surface area contributed by atoms with Crippen molar-refractivity contribution in [1.82, 2.24) is 5.32 Å². The summed E-state index contributed by atoms with van der Waals surface area (Å²) in [6.45, 7) is 2.62. The molecule has 0 aliphatic rings. The molecule has 1 amide bonds. The molecule has 1 aromatic carbocycles. The molecule has 0 radical (unpaired) electrons. The van der Waals surface area contributed by atoms with Gasteiger partial charge in [-0.05, 0) is 47.0 Å². The molecule has 108 valence electrons. The third-order valence-corrected chi connectivity index (χ3v) is 3.91. The second kappa shape index (κ2) is 7.63. The molecule has 0 aliphatic carbocycles. The summed E-state index contributed by atoms with van der Waals surface area (Å²) in [4.78, 5) is 12.1. The Hall–Kier alpha value is -2.09. The van der Waals surface area contributed by atoms with Crippen LogP contribution in [-0.4, -0.2) is 17.6 Å². The van der Waals surface area contributed by atoms with Gasteiger partial charge < -0.3 is 10.4 Å². The van der Waals surface area contributed by atoms with Gasteiger partial charge in [0, 0.05) is 24.1 Å². The van der Waals surface area contributed by atoms with Crippen LogP contribution in [0.1, 0.15) is 33.5 Å². The van der Waals surface area contributed by atoms with E-state index in [1.54, 1.807) is 23.5 Å². The molecule has 0 saturated heterocycles. The van der Waals surface area contributed by atoms with Crippen LogP contribution >= 0.6 is 11.3 Å². The van der Waals surface area contributed by atoms with E-state index in [1.807, 2.05) is 24.4 Å². The lowest BCUT2D eigenvalue weighted by molar-refractivity contribution is 0.0951. The smallest absolute Gasteiger partial charge is 0.251 e. The van der Waals surface area contributed by atoms with Gasteiger partial charge in [-0.25, -0.2) is 0 Å². The summed E-state index contributed by atoms with van der Waals surface area (Å²) in [7, 11) is 0. The Labute approximate surface area is 128 Å². The number of amides is 1. The largest absolute Gasteiger partial charge is 0.395 e. The Balaban J connectivity index is 2.01. The van der Waals surface area contributed by atoms with Crippen molar-refractivity contribution in [3.05, 3.63) is 57.3 Å². The molecule has 0 bridgehead atoms. The molecule has 0 atom stereocenters. The molecule has 0 spiro atoms. The molecule has 1 heterocycles. The lowest BCUT2D eigenvalue weighted by Gasteiger charge is -2.05. The third-order valence-electron chi connectivity index (χ3n) is 3.00. The van der Waals surface area contributed by atoms with Crippen molar-refractivity contribution in [2.24, 2.45) is 0 Å². The van der Waals surface area contributed by atoms with Gasteiger partial charge in [-0.2, -0.15) is 11.3 Å². The summed E-state index contributed by atoms with van der Waals surface area (Å²) >= 11 is 1.64. The number of aliphatic hydroxyl groups excluding tert-OH is 1. The Morgan fingerprint density at radius 3 is 2.95 bits per heavy atom. The van der Waals surface area contributed by atoms with Gasteiger partial charge in [-0.3, -0.25) is 4.79 Å². The van der Waals surface area contributed by atoms with Crippen LogP contribution < -0.4 is 5.32 Å². The summed E-state index contributed by atoms with van der Waals surface area (Å²) in [6, 6.07) is 7.20. The Morgan fingerprint density at radius 2 is 2.24 bits per heavy atom. The molecule has 3 nitrogen and oxygen atoms in total. The highest BCUT2D eigenvalue weighted by molar-refractivity contribution is 7.08. The fourth-order valence-corrected chi connectivity index (χ4v) is 2.66. The molecule has 21 heavy (non-hydrogen) atoms. The van der Waals surface area contributed by atoms with E-state index in [2.05, 4.69) is 22.5 Å². The number of nitrogens with one attached hydrogen (secondary N) is 1. The maximum absolute atomic E-state index is 12.1. The van der Waals surface area contributed by atoms with Crippen LogP contribution in [0.15, 0.2) is 35.0 Å². The SMILES string of the molecule is Cc1cscc1CNC(=O)c1cccc(C#CCCO)c1. The minimum atomic E-state index is -0.105. The molecular formula is C17H17NO2S. The predicted molar refractivity (Wildman–Crippen MR) is 85.2 cm³/mol. The number of hydrogen-bond acceptors (Lipinski definition) is 3. The average Bonchev–Trinajstić information content (AvgIpc) is 2.91. The molecule has 2 aromatic rings. The monoisotopic (exact) mass is 299 g/mol. The van der Waals surface area contributed by atoms with Crippen molar-refractivity contribution >= 4 is 17.2 Å². The second-order valence-electron chi connectivity index (χ2n) is 4.62. The Morgan fingerprint density at radius 1 is 1.38 bits per heavy atom. The fraction of sp³-hybridized carbons (Fsp3) is 0.235. The van der Waals surface area contributed by atoms with E-state index >= 15 is 0 Å². The topological polar surface area (TPSA) is 49.3 Å². The maximum atomic E-state index is 12.1. The van der Waals surface area contributed by atoms with Gasteiger partial charge in [0.25, 0.3) is 5.91 Å². The van der Waals surface area contributed by atoms with Gasteiger partial charge in [0.2, 0.25) is 0 Å². The van der Waals surface area contributed by atoms with Crippen LogP contribution in [0.25, 0.3) is 0 Å². The summed E-state index contributed by atoms with van der Waals surface area (Å²) < 4.78 is 0. The van der Waals surface area contributed by atoms with Gasteiger partial charge in [0.1, 0.15) is 0 Å². The fourth-order valence-electron chi connectivity index (χ4n) is 1.80. The molecule has 0 unspecified atom stereocenters. The zero-order chi connectivity index (χ0) is 15.1. The lowest BCUT2D eigenvalue weighted by atomic mass is 10.1. The second-order valence-corrected chi connectivity index (χ2v) is 5.36. The van der Waals surface area contributed by atoms with Crippen LogP contribution in [0.4, 0.5) is 0 Å². The van der Waals surface area contributed by atoms with Crippen molar-refractivity contribution < 1.29 is 9.90 Å². The van der Waals surface area contributed by atoms with Crippen molar-refractivity contribution in [2.75, 3.05) is 6.61 Å². The number of carbonyl (C=O) groups excluding carboxylic acids is 1. The van der Waals surface area contributed by atoms with Crippen LogP contribution in [-0.2, 0) is 6.54 Å². The zero-order valence-electron chi connectivity index (χ0n) is 11.8. The lowest BCUT2D eigenvalue weighted by Crippen LogP contribution is -2.22. The normalized spacial score (nSPS) is 9.81. The highest BCUT2D eigenvalue weighted by Gasteiger charge is 2.06. The van der Waals surface area contributed by atoms with E-state index in [-0.39, 0.29) is 12.5 Å². The Kier molecular flexibility index (Phi) is 5.56. The average molecular weight is 299 g/mol. The third kappa shape index (κ3) is 4.45. The van der Waals surface area contributed by atoms with Crippen molar-refractivity contribution in [3.63, 3.8) is 0 Å². The van der Waals surface area contributed by atoms with E-state index in [9.17, 15) is 4.79 Å². The first-order valence-electron chi connectivity index (χ1n) is 6.70. The standard InChI is InChI=1S/C17H17NO2S/c1-13-11-21-12-16(13)10-18-17(20)15-7-4-6-14(9-15)5-2-3-8-19/h4,6-7,9,11-12,19H,3,8,10H2,1H3,(H,18,20). The first kappa shape index (κ1) is 15.3. The Bertz CT molecular complexity index is 679. The molecule has 0 aliphatic heterocycles. The van der Waals surface area contributed by atoms with E-state index in [4.69, 9.17) is 5.11 Å². The number of benzene rings is 1. The van der Waals surface area contributed by atoms with Crippen molar-refractivity contribution in [1.29, 1.82) is 0 Å². The van der Waals surface area contributed by atoms with Crippen molar-refractivity contribution in [3.8, 4) is 11.8 Å². The summed E-state index contributed by atoms with van der Waals surface area (Å²) in [5.41, 5.74) is 3.72. The number of aryl methyl sites for hydroxylation is 1. The highest BCUT2D eigenvalue weighted by atomic mass is 32.1. The summed E-state index contributed by atoms with van der Waals surface area (Å²) in [5.74, 6) is 5.68. The first-order chi connectivity index (χ1) is 10.2. The van der Waals surface area contributed by atoms with Gasteiger partial charge >= 0.3 is 0 Å². The number of rotatable bonds is 4. The molecule has 4 heteroatoms. The van der Waals surface area contributed by atoms with Gasteiger partial charge in [-0.1, -0.05) is 17.9 Å².